The van der Waals surface area contributed by atoms with Gasteiger partial charge in [-0.2, -0.15) is 13.2 Å². The van der Waals surface area contributed by atoms with Crippen molar-refractivity contribution < 1.29 is 18.0 Å². The van der Waals surface area contributed by atoms with Gasteiger partial charge in [-0.15, -0.1) is 0 Å². The molecule has 1 aromatic rings. The molecule has 0 aromatic heterocycles. The number of nitrogens with two attached hydrogens (primary N) is 1. The SMILES string of the molecule is CC.Nc1ccccc1C(=O)C(F)(F)F. The topological polar surface area (TPSA) is 43.1 Å². The molecule has 0 fully saturated rings. The van der Waals surface area contributed by atoms with Crippen molar-refractivity contribution in [2.45, 2.75) is 20.0 Å². The van der Waals surface area contributed by atoms with E-state index in [1.165, 1.54) is 18.2 Å². The van der Waals surface area contributed by atoms with Gasteiger partial charge >= 0.3 is 6.18 Å². The number of para-hydroxylation sites is 1. The Labute approximate surface area is 85.9 Å². The van der Waals surface area contributed by atoms with E-state index in [4.69, 9.17) is 5.73 Å². The maximum Gasteiger partial charge on any atom is 0.454 e. The van der Waals surface area contributed by atoms with Crippen LogP contribution in [-0.4, -0.2) is 12.0 Å². The van der Waals surface area contributed by atoms with Gasteiger partial charge in [0.1, 0.15) is 0 Å². The Morgan fingerprint density at radius 3 is 2.07 bits per heavy atom. The molecule has 0 bridgehead atoms. The predicted molar refractivity (Wildman–Crippen MR) is 52.6 cm³/mol. The highest BCUT2D eigenvalue weighted by Crippen LogP contribution is 2.24. The van der Waals surface area contributed by atoms with Crippen LogP contribution in [0.3, 0.4) is 0 Å². The third-order valence-electron chi connectivity index (χ3n) is 1.46. The molecular formula is C10H12F3NO. The molecule has 0 saturated carbocycles. The fourth-order valence-electron chi connectivity index (χ4n) is 0.856. The quantitative estimate of drug-likeness (QED) is 0.582. The number of alkyl halides is 3. The molecule has 1 aromatic carbocycles. The molecule has 1 rings (SSSR count). The molecule has 0 amide bonds. The van der Waals surface area contributed by atoms with E-state index >= 15 is 0 Å². The van der Waals surface area contributed by atoms with Gasteiger partial charge in [-0.25, -0.2) is 0 Å². The summed E-state index contributed by atoms with van der Waals surface area (Å²) in [5.74, 6) is -1.91. The second kappa shape index (κ2) is 5.38. The van der Waals surface area contributed by atoms with Crippen molar-refractivity contribution in [3.63, 3.8) is 0 Å². The molecule has 0 heterocycles. The lowest BCUT2D eigenvalue weighted by molar-refractivity contribution is -0.0884. The van der Waals surface area contributed by atoms with Gasteiger partial charge in [0, 0.05) is 5.69 Å². The first-order valence-corrected chi connectivity index (χ1v) is 4.39. The van der Waals surface area contributed by atoms with Crippen molar-refractivity contribution in [1.82, 2.24) is 0 Å². The Balaban J connectivity index is 0.000000921. The lowest BCUT2D eigenvalue weighted by Crippen LogP contribution is -2.23. The van der Waals surface area contributed by atoms with Gasteiger partial charge in [0.15, 0.2) is 0 Å². The highest BCUT2D eigenvalue weighted by Gasteiger charge is 2.39. The molecule has 5 heteroatoms. The third kappa shape index (κ3) is 3.61. The van der Waals surface area contributed by atoms with E-state index < -0.39 is 17.5 Å². The van der Waals surface area contributed by atoms with Gasteiger partial charge in [0.05, 0.1) is 5.56 Å². The monoisotopic (exact) mass is 219 g/mol. The van der Waals surface area contributed by atoms with Crippen molar-refractivity contribution in [3.8, 4) is 0 Å². The first-order chi connectivity index (χ1) is 6.93. The predicted octanol–water partition coefficient (Wildman–Crippen LogP) is 3.04. The first-order valence-electron chi connectivity index (χ1n) is 4.39. The van der Waals surface area contributed by atoms with Crippen LogP contribution in [0.15, 0.2) is 24.3 Å². The maximum absolute atomic E-state index is 11.9. The van der Waals surface area contributed by atoms with Crippen LogP contribution in [0.4, 0.5) is 18.9 Å². The van der Waals surface area contributed by atoms with Gasteiger partial charge in [-0.3, -0.25) is 4.79 Å². The summed E-state index contributed by atoms with van der Waals surface area (Å²) in [5, 5.41) is 0. The smallest absolute Gasteiger partial charge is 0.398 e. The Morgan fingerprint density at radius 1 is 1.20 bits per heavy atom. The molecular weight excluding hydrogens is 207 g/mol. The average molecular weight is 219 g/mol. The van der Waals surface area contributed by atoms with Crippen LogP contribution in [0, 0.1) is 0 Å². The maximum atomic E-state index is 11.9. The van der Waals surface area contributed by atoms with Crippen LogP contribution in [0.25, 0.3) is 0 Å². The summed E-state index contributed by atoms with van der Waals surface area (Å²) in [6, 6.07) is 5.09. The lowest BCUT2D eigenvalue weighted by atomic mass is 10.1. The zero-order valence-electron chi connectivity index (χ0n) is 8.43. The number of ketones is 1. The second-order valence-electron chi connectivity index (χ2n) is 2.41. The number of rotatable bonds is 1. The lowest BCUT2D eigenvalue weighted by Gasteiger charge is -2.06. The van der Waals surface area contributed by atoms with Gasteiger partial charge < -0.3 is 5.73 Å². The molecule has 0 spiro atoms. The van der Waals surface area contributed by atoms with E-state index in [1.807, 2.05) is 13.8 Å². The first kappa shape index (κ1) is 13.5. The van der Waals surface area contributed by atoms with E-state index in [-0.39, 0.29) is 5.69 Å². The summed E-state index contributed by atoms with van der Waals surface area (Å²) in [6.45, 7) is 4.00. The van der Waals surface area contributed by atoms with Crippen molar-refractivity contribution >= 4 is 11.5 Å². The zero-order chi connectivity index (χ0) is 12.1. The van der Waals surface area contributed by atoms with E-state index in [0.717, 1.165) is 6.07 Å². The molecule has 0 saturated heterocycles. The van der Waals surface area contributed by atoms with Crippen LogP contribution in [0.2, 0.25) is 0 Å². The number of nitrogen functional groups attached to an aromatic ring is 1. The summed E-state index contributed by atoms with van der Waals surface area (Å²) < 4.78 is 35.7. The summed E-state index contributed by atoms with van der Waals surface area (Å²) >= 11 is 0. The number of carbonyl (C=O) groups excluding carboxylic acids is 1. The molecule has 0 unspecified atom stereocenters. The van der Waals surface area contributed by atoms with Crippen LogP contribution in [-0.2, 0) is 0 Å². The van der Waals surface area contributed by atoms with Crippen LogP contribution >= 0.6 is 0 Å². The number of benzene rings is 1. The number of carbonyl (C=O) groups is 1. The number of hydrogen-bond donors (Lipinski definition) is 1. The van der Waals surface area contributed by atoms with Crippen molar-refractivity contribution in [2.24, 2.45) is 0 Å². The van der Waals surface area contributed by atoms with Crippen LogP contribution < -0.4 is 5.73 Å². The molecule has 84 valence electrons. The molecule has 0 aliphatic heterocycles. The number of anilines is 1. The Hall–Kier alpha value is -1.52. The van der Waals surface area contributed by atoms with Gasteiger partial charge in [0.2, 0.25) is 0 Å². The minimum absolute atomic E-state index is 0.162. The van der Waals surface area contributed by atoms with E-state index in [1.54, 1.807) is 0 Å². The largest absolute Gasteiger partial charge is 0.454 e. The van der Waals surface area contributed by atoms with Crippen molar-refractivity contribution in [3.05, 3.63) is 29.8 Å². The van der Waals surface area contributed by atoms with Crippen LogP contribution in [0.1, 0.15) is 24.2 Å². The Kier molecular flexibility index (Phi) is 4.84. The number of halogens is 3. The van der Waals surface area contributed by atoms with Gasteiger partial charge in [0.25, 0.3) is 5.78 Å². The minimum Gasteiger partial charge on any atom is -0.398 e. The minimum atomic E-state index is -4.87. The summed E-state index contributed by atoms with van der Waals surface area (Å²) in [7, 11) is 0. The molecule has 2 nitrogen and oxygen atoms in total. The fourth-order valence-corrected chi connectivity index (χ4v) is 0.856. The summed E-state index contributed by atoms with van der Waals surface area (Å²) in [5.41, 5.74) is 4.53. The van der Waals surface area contributed by atoms with Crippen molar-refractivity contribution in [2.75, 3.05) is 5.73 Å². The van der Waals surface area contributed by atoms with Crippen molar-refractivity contribution in [1.29, 1.82) is 0 Å². The van der Waals surface area contributed by atoms with E-state index in [9.17, 15) is 18.0 Å². The average Bonchev–Trinajstić information content (AvgIpc) is 2.19. The highest BCUT2D eigenvalue weighted by atomic mass is 19.4. The highest BCUT2D eigenvalue weighted by molar-refractivity contribution is 6.04. The molecule has 2 N–H and O–H groups in total. The van der Waals surface area contributed by atoms with E-state index in [0.29, 0.717) is 0 Å². The Bertz CT molecular complexity index is 334. The molecule has 0 aliphatic rings. The van der Waals surface area contributed by atoms with E-state index in [2.05, 4.69) is 0 Å². The van der Waals surface area contributed by atoms with Crippen LogP contribution in [0.5, 0.6) is 0 Å². The van der Waals surface area contributed by atoms with Gasteiger partial charge in [-0.1, -0.05) is 26.0 Å². The standard InChI is InChI=1S/C8H6F3NO.C2H6/c9-8(10,11)7(13)5-3-1-2-4-6(5)12;1-2/h1-4H,12H2;1-2H3. The molecule has 0 aliphatic carbocycles. The molecule has 0 atom stereocenters. The third-order valence-corrected chi connectivity index (χ3v) is 1.46. The Morgan fingerprint density at radius 2 is 1.67 bits per heavy atom. The summed E-state index contributed by atoms with van der Waals surface area (Å²) in [6.07, 6.45) is -4.87. The molecule has 0 radical (unpaired) electrons. The normalized spacial score (nSPS) is 10.2. The fraction of sp³-hybridized carbons (Fsp3) is 0.300. The second-order valence-corrected chi connectivity index (χ2v) is 2.41. The number of hydrogen-bond acceptors (Lipinski definition) is 2. The summed E-state index contributed by atoms with van der Waals surface area (Å²) in [4.78, 5) is 10.7. The van der Waals surface area contributed by atoms with Gasteiger partial charge in [-0.05, 0) is 12.1 Å². The number of Topliss-reactive ketones (excluding diaryl/α,β-unsaturated/α-hetero) is 1. The zero-order valence-corrected chi connectivity index (χ0v) is 8.43. The molecule has 15 heavy (non-hydrogen) atoms.